The van der Waals surface area contributed by atoms with Crippen molar-refractivity contribution in [2.45, 2.75) is 35.6 Å². The van der Waals surface area contributed by atoms with E-state index in [2.05, 4.69) is 5.32 Å². The molecule has 250 valence electrons. The highest BCUT2D eigenvalue weighted by molar-refractivity contribution is 7.86. The van der Waals surface area contributed by atoms with Crippen molar-refractivity contribution in [3.05, 3.63) is 59.2 Å². The molecular formula is C30H36N2O12S2. The van der Waals surface area contributed by atoms with Crippen molar-refractivity contribution >= 4 is 44.5 Å². The highest BCUT2D eigenvalue weighted by Gasteiger charge is 2.46. The summed E-state index contributed by atoms with van der Waals surface area (Å²) in [5.41, 5.74) is 1.02. The van der Waals surface area contributed by atoms with Crippen molar-refractivity contribution in [1.82, 2.24) is 10.2 Å². The van der Waals surface area contributed by atoms with Gasteiger partial charge in [-0.2, -0.15) is 8.42 Å². The fourth-order valence-corrected chi connectivity index (χ4v) is 6.69. The molecule has 1 N–H and O–H groups in total. The molecule has 4 rings (SSSR count). The van der Waals surface area contributed by atoms with Crippen LogP contribution in [-0.4, -0.2) is 112 Å². The quantitative estimate of drug-likeness (QED) is 0.126. The third-order valence-corrected chi connectivity index (χ3v) is 9.67. The second-order valence-electron chi connectivity index (χ2n) is 10.2. The Morgan fingerprint density at radius 3 is 2.00 bits per heavy atom. The summed E-state index contributed by atoms with van der Waals surface area (Å²) in [6, 6.07) is 9.76. The van der Waals surface area contributed by atoms with E-state index in [0.717, 1.165) is 10.5 Å². The summed E-state index contributed by atoms with van der Waals surface area (Å²) in [5, 5.41) is 2.15. The summed E-state index contributed by atoms with van der Waals surface area (Å²) in [6.45, 7) is 3.64. The Hall–Kier alpha value is -3.38. The van der Waals surface area contributed by atoms with Crippen LogP contribution in [0.25, 0.3) is 0 Å². The largest absolute Gasteiger partial charge is 0.378 e. The topological polar surface area (TPSA) is 181 Å². The summed E-state index contributed by atoms with van der Waals surface area (Å²) in [5.74, 6) is -2.47. The molecule has 14 nitrogen and oxygen atoms in total. The summed E-state index contributed by atoms with van der Waals surface area (Å²) >= 11 is 0. The first-order chi connectivity index (χ1) is 22.1. The first-order valence-electron chi connectivity index (χ1n) is 14.6. The molecule has 0 saturated carbocycles. The monoisotopic (exact) mass is 680 g/mol. The number of carbonyl (C=O) groups is 4. The van der Waals surface area contributed by atoms with Crippen LogP contribution in [0.5, 0.6) is 0 Å². The van der Waals surface area contributed by atoms with Crippen LogP contribution in [0.1, 0.15) is 39.1 Å². The molecule has 2 aliphatic rings. The van der Waals surface area contributed by atoms with Crippen molar-refractivity contribution in [2.24, 2.45) is 0 Å². The van der Waals surface area contributed by atoms with Crippen molar-refractivity contribution in [3.8, 4) is 0 Å². The number of benzene rings is 2. The van der Waals surface area contributed by atoms with Gasteiger partial charge in [0.05, 0.1) is 96.9 Å². The van der Waals surface area contributed by atoms with Crippen LogP contribution in [0.3, 0.4) is 0 Å². The fourth-order valence-electron chi connectivity index (χ4n) is 4.66. The lowest BCUT2D eigenvalue weighted by Gasteiger charge is -2.27. The van der Waals surface area contributed by atoms with Gasteiger partial charge < -0.3 is 18.9 Å². The van der Waals surface area contributed by atoms with E-state index in [0.29, 0.717) is 19.8 Å². The average Bonchev–Trinajstić information content (AvgIpc) is 3.28. The predicted molar refractivity (Wildman–Crippen MR) is 162 cm³/mol. The van der Waals surface area contributed by atoms with Gasteiger partial charge in [0, 0.05) is 6.42 Å². The van der Waals surface area contributed by atoms with Crippen LogP contribution in [0.15, 0.2) is 52.3 Å². The van der Waals surface area contributed by atoms with Gasteiger partial charge in [0.2, 0.25) is 11.8 Å². The SMILES string of the molecule is Cc1ccc(S(=O)(=O)OCCOCCOCCOCCOCCS(=O)c2cccc3c2C(=O)N(C2CCC(=O)NC2=O)C3=O)cc1. The Labute approximate surface area is 269 Å². The van der Waals surface area contributed by atoms with E-state index in [1.807, 2.05) is 6.92 Å². The van der Waals surface area contributed by atoms with Gasteiger partial charge in [-0.15, -0.1) is 0 Å². The zero-order chi connectivity index (χ0) is 33.1. The minimum atomic E-state index is -3.82. The lowest BCUT2D eigenvalue weighted by Crippen LogP contribution is -2.54. The molecule has 2 aliphatic heterocycles. The van der Waals surface area contributed by atoms with E-state index >= 15 is 0 Å². The van der Waals surface area contributed by atoms with Crippen molar-refractivity contribution in [3.63, 3.8) is 0 Å². The van der Waals surface area contributed by atoms with Crippen LogP contribution < -0.4 is 5.32 Å². The van der Waals surface area contributed by atoms with Crippen LogP contribution in [0.4, 0.5) is 0 Å². The van der Waals surface area contributed by atoms with Gasteiger partial charge in [-0.25, -0.2) is 0 Å². The Balaban J connectivity index is 1.04. The Morgan fingerprint density at radius 1 is 0.804 bits per heavy atom. The smallest absolute Gasteiger partial charge is 0.297 e. The standard InChI is InChI=1S/C30H36N2O12S2/c1-21-5-7-22(8-6-21)46(38,39)44-18-17-42-14-13-40-11-12-41-15-16-43-19-20-45(37)25-4-2-3-23-27(25)30(36)32(29(23)35)24-9-10-26(33)31-28(24)34/h2-8,24H,9-20H2,1H3,(H,31,33,34). The number of imide groups is 2. The summed E-state index contributed by atoms with van der Waals surface area (Å²) < 4.78 is 63.8. The second kappa shape index (κ2) is 17.0. The average molecular weight is 681 g/mol. The number of carbonyl (C=O) groups excluding carboxylic acids is 4. The molecule has 2 atom stereocenters. The normalized spacial score (nSPS) is 17.3. The number of nitrogens with one attached hydrogen (secondary N) is 1. The summed E-state index contributed by atoms with van der Waals surface area (Å²) in [6.07, 6.45) is 0.0432. The number of rotatable bonds is 19. The van der Waals surface area contributed by atoms with Crippen LogP contribution >= 0.6 is 0 Å². The minimum absolute atomic E-state index is 0.00339. The Bertz CT molecular complexity index is 1550. The van der Waals surface area contributed by atoms with Crippen LogP contribution in [0.2, 0.25) is 0 Å². The Morgan fingerprint density at radius 2 is 1.39 bits per heavy atom. The molecule has 1 saturated heterocycles. The number of hydrogen-bond acceptors (Lipinski definition) is 12. The van der Waals surface area contributed by atoms with Gasteiger partial charge in [0.15, 0.2) is 0 Å². The van der Waals surface area contributed by atoms with Gasteiger partial charge in [0.1, 0.15) is 6.04 Å². The van der Waals surface area contributed by atoms with E-state index in [1.165, 1.54) is 30.3 Å². The number of fused-ring (bicyclic) bond motifs is 1. The molecule has 16 heteroatoms. The van der Waals surface area contributed by atoms with Gasteiger partial charge >= 0.3 is 0 Å². The number of aryl methyl sites for hydroxylation is 1. The van der Waals surface area contributed by atoms with E-state index < -0.39 is 50.6 Å². The fraction of sp³-hybridized carbons (Fsp3) is 0.467. The minimum Gasteiger partial charge on any atom is -0.378 e. The number of hydrogen-bond donors (Lipinski definition) is 1. The van der Waals surface area contributed by atoms with E-state index in [9.17, 15) is 31.8 Å². The predicted octanol–water partition coefficient (Wildman–Crippen LogP) is 0.976. The maximum atomic E-state index is 13.2. The Kier molecular flexibility index (Phi) is 13.1. The molecule has 46 heavy (non-hydrogen) atoms. The molecule has 1 fully saturated rings. The van der Waals surface area contributed by atoms with Crippen LogP contribution in [-0.2, 0) is 53.6 Å². The molecule has 0 radical (unpaired) electrons. The van der Waals surface area contributed by atoms with Crippen molar-refractivity contribution < 1.29 is 54.9 Å². The third-order valence-electron chi connectivity index (χ3n) is 6.98. The van der Waals surface area contributed by atoms with Gasteiger partial charge in [-0.3, -0.25) is 37.8 Å². The molecule has 4 amide bonds. The van der Waals surface area contributed by atoms with E-state index in [-0.39, 0.29) is 79.2 Å². The molecule has 2 unspecified atom stereocenters. The van der Waals surface area contributed by atoms with E-state index in [1.54, 1.807) is 12.1 Å². The maximum Gasteiger partial charge on any atom is 0.297 e. The van der Waals surface area contributed by atoms with Crippen LogP contribution in [0, 0.1) is 6.92 Å². The number of ether oxygens (including phenoxy) is 4. The number of amides is 4. The number of nitrogens with zero attached hydrogens (tertiary/aromatic N) is 1. The molecule has 0 spiro atoms. The highest BCUT2D eigenvalue weighted by Crippen LogP contribution is 2.31. The van der Waals surface area contributed by atoms with E-state index in [4.69, 9.17) is 23.1 Å². The molecular weight excluding hydrogens is 644 g/mol. The summed E-state index contributed by atoms with van der Waals surface area (Å²) in [4.78, 5) is 51.0. The molecule has 2 aromatic carbocycles. The van der Waals surface area contributed by atoms with Crippen molar-refractivity contribution in [2.75, 3.05) is 65.2 Å². The lowest BCUT2D eigenvalue weighted by atomic mass is 10.0. The maximum absolute atomic E-state index is 13.2. The van der Waals surface area contributed by atoms with Crippen molar-refractivity contribution in [1.29, 1.82) is 0 Å². The second-order valence-corrected chi connectivity index (χ2v) is 13.4. The van der Waals surface area contributed by atoms with Gasteiger partial charge in [-0.05, 0) is 37.6 Å². The molecule has 0 bridgehead atoms. The lowest BCUT2D eigenvalue weighted by molar-refractivity contribution is -0.136. The summed E-state index contributed by atoms with van der Waals surface area (Å²) in [7, 11) is -5.48. The van der Waals surface area contributed by atoms with Gasteiger partial charge in [0.25, 0.3) is 21.9 Å². The highest BCUT2D eigenvalue weighted by atomic mass is 32.2. The zero-order valence-electron chi connectivity index (χ0n) is 25.3. The first-order valence-corrected chi connectivity index (χ1v) is 17.3. The molecule has 0 aromatic heterocycles. The van der Waals surface area contributed by atoms with Gasteiger partial charge in [-0.1, -0.05) is 23.8 Å². The third kappa shape index (κ3) is 9.34. The molecule has 2 heterocycles. The molecule has 0 aliphatic carbocycles. The molecule has 2 aromatic rings. The number of piperidine rings is 1. The zero-order valence-corrected chi connectivity index (χ0v) is 26.9. The first kappa shape index (κ1) is 35.5.